The average Bonchev–Trinajstić information content (AvgIpc) is 3.56. The van der Waals surface area contributed by atoms with E-state index in [-0.39, 0.29) is 23.3 Å². The highest BCUT2D eigenvalue weighted by Crippen LogP contribution is 2.58. The number of benzene rings is 2. The zero-order chi connectivity index (χ0) is 25.9. The number of carbonyl (C=O) groups excluding carboxylic acids is 1. The summed E-state index contributed by atoms with van der Waals surface area (Å²) in [5, 5.41) is 15.6. The zero-order valence-corrected chi connectivity index (χ0v) is 21.8. The van der Waals surface area contributed by atoms with E-state index >= 15 is 0 Å². The molecule has 6 nitrogen and oxygen atoms in total. The maximum absolute atomic E-state index is 13.2. The monoisotopic (exact) mass is 523 g/mol. The molecule has 0 unspecified atom stereocenters. The quantitative estimate of drug-likeness (QED) is 0.270. The Hall–Kier alpha value is -3.84. The second-order valence-corrected chi connectivity index (χ2v) is 12.1. The van der Waals surface area contributed by atoms with Gasteiger partial charge in [-0.05, 0) is 71.9 Å². The van der Waals surface area contributed by atoms with Gasteiger partial charge in [0, 0.05) is 42.4 Å². The summed E-state index contributed by atoms with van der Waals surface area (Å²) < 4.78 is 5.56. The largest absolute Gasteiger partial charge is 0.481 e. The number of nitrogens with zero attached hydrogens (tertiary/aromatic N) is 2. The molecule has 3 heterocycles. The van der Waals surface area contributed by atoms with Crippen LogP contribution in [-0.2, 0) is 17.9 Å². The lowest BCUT2D eigenvalue weighted by atomic mass is 9.50. The Balaban J connectivity index is 1.06. The second-order valence-electron chi connectivity index (χ2n) is 11.2. The van der Waals surface area contributed by atoms with Crippen LogP contribution >= 0.6 is 11.3 Å². The first-order chi connectivity index (χ1) is 18.5. The number of carbonyl (C=O) groups is 2. The summed E-state index contributed by atoms with van der Waals surface area (Å²) in [6.45, 7) is 1.54. The molecule has 0 atom stereocenters. The summed E-state index contributed by atoms with van der Waals surface area (Å²) in [6, 6.07) is 21.5. The van der Waals surface area contributed by atoms with Crippen molar-refractivity contribution in [1.29, 1.82) is 0 Å². The van der Waals surface area contributed by atoms with Gasteiger partial charge in [-0.25, -0.2) is 0 Å². The van der Waals surface area contributed by atoms with Gasteiger partial charge in [0.25, 0.3) is 5.91 Å². The molecule has 5 aromatic rings. The summed E-state index contributed by atoms with van der Waals surface area (Å²) in [6.07, 6.45) is 7.50. The number of fused-ring (bicyclic) bond motifs is 2. The molecule has 192 valence electrons. The average molecular weight is 524 g/mol. The summed E-state index contributed by atoms with van der Waals surface area (Å²) in [5.74, 6) is -0.917. The standard InChI is InChI=1S/C31H29N3O3S/c35-29(32-24-15-31(16-24)13-23(14-31)30(36)37)25-19-38-27-9-11-34(28(25)27)18-21-6-7-26-22(12-21)8-10-33(26)17-20-4-2-1-3-5-20/h1-12,19,23-24H,13-18H2,(H,32,35)(H,36,37). The van der Waals surface area contributed by atoms with Gasteiger partial charge < -0.3 is 19.6 Å². The molecular weight excluding hydrogens is 494 g/mol. The lowest BCUT2D eigenvalue weighted by molar-refractivity contribution is -0.155. The number of amides is 1. The molecule has 2 fully saturated rings. The molecule has 1 amide bonds. The van der Waals surface area contributed by atoms with Crippen molar-refractivity contribution in [2.24, 2.45) is 11.3 Å². The number of carboxylic acids is 1. The summed E-state index contributed by atoms with van der Waals surface area (Å²) in [5.41, 5.74) is 5.54. The van der Waals surface area contributed by atoms with Crippen LogP contribution in [0.5, 0.6) is 0 Å². The van der Waals surface area contributed by atoms with Gasteiger partial charge >= 0.3 is 5.97 Å². The van der Waals surface area contributed by atoms with E-state index in [1.807, 2.05) is 11.4 Å². The molecule has 2 aromatic carbocycles. The third-order valence-corrected chi connectivity index (χ3v) is 9.45. The Morgan fingerprint density at radius 3 is 2.47 bits per heavy atom. The maximum atomic E-state index is 13.2. The molecule has 2 saturated carbocycles. The van der Waals surface area contributed by atoms with E-state index in [0.717, 1.165) is 48.0 Å². The van der Waals surface area contributed by atoms with Crippen molar-refractivity contribution in [2.45, 2.75) is 44.8 Å². The minimum absolute atomic E-state index is 0.0291. The summed E-state index contributed by atoms with van der Waals surface area (Å²) in [4.78, 5) is 24.4. The van der Waals surface area contributed by atoms with Crippen LogP contribution in [0.2, 0.25) is 0 Å². The molecule has 0 bridgehead atoms. The van der Waals surface area contributed by atoms with Crippen LogP contribution in [0.1, 0.15) is 47.2 Å². The third kappa shape index (κ3) is 4.02. The molecule has 1 spiro atoms. The number of nitrogens with one attached hydrogen (secondary N) is 1. The van der Waals surface area contributed by atoms with Gasteiger partial charge in [0.2, 0.25) is 0 Å². The summed E-state index contributed by atoms with van der Waals surface area (Å²) in [7, 11) is 0. The number of aliphatic carboxylic acids is 1. The fourth-order valence-corrected chi connectivity index (χ4v) is 7.56. The van der Waals surface area contributed by atoms with E-state index in [1.165, 1.54) is 22.0 Å². The zero-order valence-electron chi connectivity index (χ0n) is 21.0. The van der Waals surface area contributed by atoms with Crippen molar-refractivity contribution in [1.82, 2.24) is 14.5 Å². The van der Waals surface area contributed by atoms with E-state index in [2.05, 4.69) is 81.4 Å². The molecule has 2 aliphatic carbocycles. The first-order valence-electron chi connectivity index (χ1n) is 13.2. The van der Waals surface area contributed by atoms with Gasteiger partial charge in [0.1, 0.15) is 0 Å². The molecular formula is C31H29N3O3S. The smallest absolute Gasteiger partial charge is 0.306 e. The number of aromatic nitrogens is 2. The van der Waals surface area contributed by atoms with Gasteiger partial charge in [0.15, 0.2) is 0 Å². The van der Waals surface area contributed by atoms with Crippen molar-refractivity contribution in [2.75, 3.05) is 0 Å². The van der Waals surface area contributed by atoms with Crippen molar-refractivity contribution in [3.8, 4) is 0 Å². The van der Waals surface area contributed by atoms with Crippen LogP contribution in [0.25, 0.3) is 21.1 Å². The van der Waals surface area contributed by atoms with Crippen LogP contribution in [0, 0.1) is 11.3 Å². The van der Waals surface area contributed by atoms with Gasteiger partial charge in [0.05, 0.1) is 21.7 Å². The first kappa shape index (κ1) is 23.3. The molecule has 2 aliphatic rings. The molecule has 0 aliphatic heterocycles. The van der Waals surface area contributed by atoms with Gasteiger partial charge in [-0.3, -0.25) is 9.59 Å². The van der Waals surface area contributed by atoms with E-state index in [0.29, 0.717) is 6.54 Å². The van der Waals surface area contributed by atoms with Gasteiger partial charge in [-0.2, -0.15) is 0 Å². The van der Waals surface area contributed by atoms with Crippen molar-refractivity contribution >= 4 is 44.3 Å². The predicted molar refractivity (Wildman–Crippen MR) is 150 cm³/mol. The summed E-state index contributed by atoms with van der Waals surface area (Å²) >= 11 is 1.60. The number of hydrogen-bond acceptors (Lipinski definition) is 3. The fourth-order valence-electron chi connectivity index (χ4n) is 6.61. The highest BCUT2D eigenvalue weighted by molar-refractivity contribution is 7.17. The number of carboxylic acid groups (broad SMARTS) is 1. The number of rotatable bonds is 7. The molecule has 2 N–H and O–H groups in total. The van der Waals surface area contributed by atoms with Crippen LogP contribution in [-0.4, -0.2) is 32.2 Å². The Morgan fingerprint density at radius 1 is 0.921 bits per heavy atom. The van der Waals surface area contributed by atoms with Crippen LogP contribution in [0.3, 0.4) is 0 Å². The van der Waals surface area contributed by atoms with Crippen LogP contribution < -0.4 is 5.32 Å². The Labute approximate surface area is 224 Å². The van der Waals surface area contributed by atoms with Crippen molar-refractivity contribution in [3.05, 3.63) is 95.1 Å². The van der Waals surface area contributed by atoms with Crippen LogP contribution in [0.4, 0.5) is 0 Å². The van der Waals surface area contributed by atoms with Crippen LogP contribution in [0.15, 0.2) is 78.4 Å². The molecule has 7 rings (SSSR count). The minimum Gasteiger partial charge on any atom is -0.481 e. The normalized spacial score (nSPS) is 22.4. The lowest BCUT2D eigenvalue weighted by Gasteiger charge is -2.56. The minimum atomic E-state index is -0.687. The highest BCUT2D eigenvalue weighted by Gasteiger charge is 2.55. The Bertz CT molecular complexity index is 1660. The van der Waals surface area contributed by atoms with E-state index in [1.54, 1.807) is 11.3 Å². The Kier molecular flexibility index (Phi) is 5.44. The van der Waals surface area contributed by atoms with Crippen molar-refractivity contribution < 1.29 is 14.7 Å². The molecule has 3 aromatic heterocycles. The van der Waals surface area contributed by atoms with Gasteiger partial charge in [-0.1, -0.05) is 36.4 Å². The second kappa shape index (κ2) is 8.88. The van der Waals surface area contributed by atoms with E-state index in [9.17, 15) is 9.59 Å². The van der Waals surface area contributed by atoms with E-state index < -0.39 is 5.97 Å². The van der Waals surface area contributed by atoms with Crippen molar-refractivity contribution in [3.63, 3.8) is 0 Å². The SMILES string of the molecule is O=C(NC1CC2(C1)CC(C(=O)O)C2)c1csc2ccn(Cc3ccc4c(ccn4Cc4ccccc4)c3)c12. The van der Waals surface area contributed by atoms with E-state index in [4.69, 9.17) is 5.11 Å². The number of thiophene rings is 1. The molecule has 38 heavy (non-hydrogen) atoms. The maximum Gasteiger partial charge on any atom is 0.306 e. The Morgan fingerprint density at radius 2 is 1.68 bits per heavy atom. The lowest BCUT2D eigenvalue weighted by Crippen LogP contribution is -2.57. The first-order valence-corrected chi connectivity index (χ1v) is 14.1. The van der Waals surface area contributed by atoms with Gasteiger partial charge in [-0.15, -0.1) is 11.3 Å². The third-order valence-electron chi connectivity index (χ3n) is 8.52. The molecule has 7 heteroatoms. The molecule has 0 saturated heterocycles. The molecule has 0 radical (unpaired) electrons. The highest BCUT2D eigenvalue weighted by atomic mass is 32.1. The topological polar surface area (TPSA) is 76.3 Å². The number of hydrogen-bond donors (Lipinski definition) is 2. The predicted octanol–water partition coefficient (Wildman–Crippen LogP) is 6.13. The fraction of sp³-hybridized carbons (Fsp3) is 0.290.